The lowest BCUT2D eigenvalue weighted by Crippen LogP contribution is -2.15. The Labute approximate surface area is 292 Å². The zero-order valence-electron chi connectivity index (χ0n) is 28.2. The molecule has 0 saturated carbocycles. The monoisotopic (exact) mass is 637 g/mol. The number of nitrogens with zero attached hydrogens (tertiary/aromatic N) is 1. The van der Waals surface area contributed by atoms with Crippen LogP contribution in [0.15, 0.2) is 176 Å². The van der Waals surface area contributed by atoms with Gasteiger partial charge in [0.1, 0.15) is 0 Å². The minimum absolute atomic E-state index is 0.0605. The Kier molecular flexibility index (Phi) is 6.29. The summed E-state index contributed by atoms with van der Waals surface area (Å²) in [6, 6.07) is 65.1. The van der Waals surface area contributed by atoms with E-state index in [1.807, 2.05) is 0 Å². The summed E-state index contributed by atoms with van der Waals surface area (Å²) in [4.78, 5) is 2.51. The molecule has 0 aliphatic heterocycles. The summed E-state index contributed by atoms with van der Waals surface area (Å²) >= 11 is 0. The third-order valence-electron chi connectivity index (χ3n) is 11.0. The number of fused-ring (bicyclic) bond motifs is 9. The van der Waals surface area contributed by atoms with E-state index in [2.05, 4.69) is 195 Å². The average Bonchev–Trinajstić information content (AvgIpc) is 3.40. The molecule has 1 nitrogen and oxygen atoms in total. The molecule has 0 fully saturated rings. The second-order valence-electron chi connectivity index (χ2n) is 14.1. The summed E-state index contributed by atoms with van der Waals surface area (Å²) in [6.45, 7) is 4.70. The molecule has 0 radical (unpaired) electrons. The summed E-state index contributed by atoms with van der Waals surface area (Å²) < 4.78 is 0. The Bertz CT molecular complexity index is 2800. The van der Waals surface area contributed by atoms with Crippen molar-refractivity contribution in [2.24, 2.45) is 0 Å². The quantitative estimate of drug-likeness (QED) is 0.174. The van der Waals surface area contributed by atoms with Crippen LogP contribution < -0.4 is 4.90 Å². The van der Waals surface area contributed by atoms with E-state index in [0.29, 0.717) is 0 Å². The highest BCUT2D eigenvalue weighted by atomic mass is 15.1. The maximum atomic E-state index is 2.51. The standard InChI is InChI=1S/C49H35N/c1-49(2)44-21-11-9-18-40(44)43-31-37(27-28-45(43)49)50(46-22-12-10-16-38(46)35-25-23-32-13-3-4-15-34(32)29-35)47-30-36-26-24-33-14-5-6-17-39(33)48(36)42-20-8-7-19-41(42)47/h3-31H,1-2H3. The fraction of sp³-hybridized carbons (Fsp3) is 0.0612. The molecule has 0 N–H and O–H groups in total. The molecule has 0 amide bonds. The van der Waals surface area contributed by atoms with Crippen LogP contribution >= 0.6 is 0 Å². The third kappa shape index (κ3) is 4.27. The van der Waals surface area contributed by atoms with Gasteiger partial charge in [-0.25, -0.2) is 0 Å². The van der Waals surface area contributed by atoms with Crippen molar-refractivity contribution in [2.75, 3.05) is 4.90 Å². The SMILES string of the molecule is CC1(C)c2ccccc2-c2cc(N(c3ccccc3-c3ccc4ccccc4c3)c3cc4ccc5ccccc5c4c4ccccc34)ccc21. The lowest BCUT2D eigenvalue weighted by molar-refractivity contribution is 0.660. The zero-order valence-corrected chi connectivity index (χ0v) is 28.2. The molecule has 0 heterocycles. The molecule has 1 heteroatoms. The van der Waals surface area contributed by atoms with Gasteiger partial charge in [-0.05, 0) is 95.9 Å². The predicted octanol–water partition coefficient (Wildman–Crippen LogP) is 13.7. The van der Waals surface area contributed by atoms with Crippen molar-refractivity contribution < 1.29 is 0 Å². The van der Waals surface area contributed by atoms with Gasteiger partial charge in [0.2, 0.25) is 0 Å². The largest absolute Gasteiger partial charge is 0.309 e. The van der Waals surface area contributed by atoms with Crippen LogP contribution in [0.3, 0.4) is 0 Å². The fourth-order valence-electron chi connectivity index (χ4n) is 8.57. The smallest absolute Gasteiger partial charge is 0.0546 e. The van der Waals surface area contributed by atoms with Crippen LogP contribution in [-0.2, 0) is 5.41 Å². The summed E-state index contributed by atoms with van der Waals surface area (Å²) in [5.41, 5.74) is 11.2. The van der Waals surface area contributed by atoms with Gasteiger partial charge in [-0.15, -0.1) is 0 Å². The second kappa shape index (κ2) is 10.9. The molecule has 0 aromatic heterocycles. The van der Waals surface area contributed by atoms with Gasteiger partial charge in [0.05, 0.1) is 11.4 Å². The van der Waals surface area contributed by atoms with E-state index in [4.69, 9.17) is 0 Å². The first-order valence-electron chi connectivity index (χ1n) is 17.5. The predicted molar refractivity (Wildman–Crippen MR) is 214 cm³/mol. The normalized spacial score (nSPS) is 13.2. The molecule has 0 bridgehead atoms. The van der Waals surface area contributed by atoms with Crippen molar-refractivity contribution in [3.05, 3.63) is 187 Å². The van der Waals surface area contributed by atoms with Gasteiger partial charge in [-0.2, -0.15) is 0 Å². The molecule has 9 aromatic carbocycles. The van der Waals surface area contributed by atoms with Crippen LogP contribution in [-0.4, -0.2) is 0 Å². The zero-order chi connectivity index (χ0) is 33.4. The molecule has 236 valence electrons. The highest BCUT2D eigenvalue weighted by molar-refractivity contribution is 6.23. The first kappa shape index (κ1) is 28.8. The lowest BCUT2D eigenvalue weighted by atomic mass is 9.82. The van der Waals surface area contributed by atoms with Crippen molar-refractivity contribution in [3.63, 3.8) is 0 Å². The molecule has 0 spiro atoms. The van der Waals surface area contributed by atoms with E-state index in [1.165, 1.54) is 82.2 Å². The molecule has 50 heavy (non-hydrogen) atoms. The summed E-state index contributed by atoms with van der Waals surface area (Å²) in [6.07, 6.45) is 0. The van der Waals surface area contributed by atoms with Crippen LogP contribution in [0.2, 0.25) is 0 Å². The van der Waals surface area contributed by atoms with Gasteiger partial charge in [-0.3, -0.25) is 0 Å². The van der Waals surface area contributed by atoms with Gasteiger partial charge < -0.3 is 4.90 Å². The van der Waals surface area contributed by atoms with Crippen LogP contribution in [0.5, 0.6) is 0 Å². The van der Waals surface area contributed by atoms with Gasteiger partial charge in [-0.1, -0.05) is 159 Å². The van der Waals surface area contributed by atoms with Crippen molar-refractivity contribution in [1.29, 1.82) is 0 Å². The Balaban J connectivity index is 1.29. The Hall–Kier alpha value is -6.18. The number of rotatable bonds is 4. The lowest BCUT2D eigenvalue weighted by Gasteiger charge is -2.30. The molecule has 10 rings (SSSR count). The third-order valence-corrected chi connectivity index (χ3v) is 11.0. The minimum atomic E-state index is -0.0605. The van der Waals surface area contributed by atoms with Crippen molar-refractivity contribution >= 4 is 60.2 Å². The Morgan fingerprint density at radius 2 is 1.00 bits per heavy atom. The maximum Gasteiger partial charge on any atom is 0.0546 e. The number of hydrogen-bond acceptors (Lipinski definition) is 1. The molecule has 0 unspecified atom stereocenters. The first-order valence-corrected chi connectivity index (χ1v) is 17.5. The van der Waals surface area contributed by atoms with Crippen LogP contribution in [0.1, 0.15) is 25.0 Å². The van der Waals surface area contributed by atoms with Gasteiger partial charge in [0.15, 0.2) is 0 Å². The second-order valence-corrected chi connectivity index (χ2v) is 14.1. The molecule has 1 aliphatic rings. The topological polar surface area (TPSA) is 3.24 Å². The maximum absolute atomic E-state index is 2.51. The molecule has 9 aromatic rings. The van der Waals surface area contributed by atoms with Crippen molar-refractivity contribution in [1.82, 2.24) is 0 Å². The van der Waals surface area contributed by atoms with E-state index >= 15 is 0 Å². The summed E-state index contributed by atoms with van der Waals surface area (Å²) in [5.74, 6) is 0. The Morgan fingerprint density at radius 1 is 0.380 bits per heavy atom. The van der Waals surface area contributed by atoms with E-state index < -0.39 is 0 Å². The van der Waals surface area contributed by atoms with E-state index in [-0.39, 0.29) is 5.41 Å². The number of benzene rings is 9. The van der Waals surface area contributed by atoms with E-state index in [1.54, 1.807) is 0 Å². The minimum Gasteiger partial charge on any atom is -0.309 e. The van der Waals surface area contributed by atoms with E-state index in [0.717, 1.165) is 11.4 Å². The van der Waals surface area contributed by atoms with Crippen LogP contribution in [0, 0.1) is 0 Å². The molecule has 1 aliphatic carbocycles. The molecular formula is C49H35N. The van der Waals surface area contributed by atoms with Gasteiger partial charge in [0, 0.05) is 22.1 Å². The number of para-hydroxylation sites is 1. The van der Waals surface area contributed by atoms with Crippen LogP contribution in [0.25, 0.3) is 65.3 Å². The highest BCUT2D eigenvalue weighted by Gasteiger charge is 2.35. The van der Waals surface area contributed by atoms with Crippen molar-refractivity contribution in [2.45, 2.75) is 19.3 Å². The average molecular weight is 638 g/mol. The highest BCUT2D eigenvalue weighted by Crippen LogP contribution is 2.52. The molecular weight excluding hydrogens is 603 g/mol. The fourth-order valence-corrected chi connectivity index (χ4v) is 8.57. The van der Waals surface area contributed by atoms with Crippen LogP contribution in [0.4, 0.5) is 17.1 Å². The van der Waals surface area contributed by atoms with Gasteiger partial charge >= 0.3 is 0 Å². The molecule has 0 atom stereocenters. The first-order chi connectivity index (χ1) is 24.6. The summed E-state index contributed by atoms with van der Waals surface area (Å²) in [5, 5.41) is 10.1. The number of anilines is 3. The number of hydrogen-bond donors (Lipinski definition) is 0. The summed E-state index contributed by atoms with van der Waals surface area (Å²) in [7, 11) is 0. The Morgan fingerprint density at radius 3 is 1.86 bits per heavy atom. The van der Waals surface area contributed by atoms with Crippen molar-refractivity contribution in [3.8, 4) is 22.3 Å². The molecule has 0 saturated heterocycles. The van der Waals surface area contributed by atoms with E-state index in [9.17, 15) is 0 Å². The van der Waals surface area contributed by atoms with Gasteiger partial charge in [0.25, 0.3) is 0 Å².